The maximum atomic E-state index is 11.8. The number of carbonyl (C=O) groups is 2. The third-order valence-corrected chi connectivity index (χ3v) is 3.41. The monoisotopic (exact) mass is 255 g/mol. The van der Waals surface area contributed by atoms with Crippen molar-refractivity contribution in [3.05, 3.63) is 0 Å². The van der Waals surface area contributed by atoms with Crippen LogP contribution in [-0.4, -0.2) is 42.9 Å². The lowest BCUT2D eigenvalue weighted by Gasteiger charge is -2.19. The van der Waals surface area contributed by atoms with E-state index in [1.165, 1.54) is 12.8 Å². The van der Waals surface area contributed by atoms with Gasteiger partial charge in [-0.05, 0) is 32.2 Å². The number of hydrogen-bond acceptors (Lipinski definition) is 3. The quantitative estimate of drug-likeness (QED) is 0.469. The number of likely N-dealkylation sites (tertiary alicyclic amines) is 1. The van der Waals surface area contributed by atoms with Crippen LogP contribution in [0.4, 0.5) is 0 Å². The fraction of sp³-hybridized carbons (Fsp3) is 0.846. The van der Waals surface area contributed by atoms with Gasteiger partial charge in [0.15, 0.2) is 0 Å². The zero-order chi connectivity index (χ0) is 13.2. The Hall–Kier alpha value is -1.10. The summed E-state index contributed by atoms with van der Waals surface area (Å²) in [6.45, 7) is 2.19. The van der Waals surface area contributed by atoms with Gasteiger partial charge in [0.05, 0.1) is 0 Å². The Balaban J connectivity index is 2.04. The van der Waals surface area contributed by atoms with Crippen LogP contribution in [-0.2, 0) is 9.59 Å². The first-order chi connectivity index (χ1) is 8.79. The van der Waals surface area contributed by atoms with Crippen LogP contribution in [0.1, 0.15) is 44.9 Å². The highest BCUT2D eigenvalue weighted by Gasteiger charge is 2.28. The van der Waals surface area contributed by atoms with E-state index in [1.807, 2.05) is 0 Å². The molecule has 0 spiro atoms. The van der Waals surface area contributed by atoms with Gasteiger partial charge in [-0.3, -0.25) is 9.59 Å². The van der Waals surface area contributed by atoms with E-state index in [-0.39, 0.29) is 11.9 Å². The lowest BCUT2D eigenvalue weighted by Crippen LogP contribution is -2.42. The summed E-state index contributed by atoms with van der Waals surface area (Å²) < 4.78 is 0. The molecule has 104 valence electrons. The Labute approximate surface area is 109 Å². The molecule has 0 aromatic heterocycles. The normalized spacial score (nSPS) is 18.9. The van der Waals surface area contributed by atoms with Crippen molar-refractivity contribution in [1.29, 1.82) is 0 Å². The summed E-state index contributed by atoms with van der Waals surface area (Å²) in [7, 11) is 0. The van der Waals surface area contributed by atoms with E-state index >= 15 is 0 Å². The Bertz CT molecular complexity index is 259. The Morgan fingerprint density at radius 2 is 2.00 bits per heavy atom. The molecular formula is C13H25N3O2. The molecule has 5 nitrogen and oxygen atoms in total. The molecule has 0 radical (unpaired) electrons. The average molecular weight is 255 g/mol. The lowest BCUT2D eigenvalue weighted by atomic mass is 10.1. The van der Waals surface area contributed by atoms with Crippen LogP contribution in [0.2, 0.25) is 0 Å². The van der Waals surface area contributed by atoms with Crippen LogP contribution in [0.5, 0.6) is 0 Å². The smallest absolute Gasteiger partial charge is 0.242 e. The minimum absolute atomic E-state index is 0.00144. The lowest BCUT2D eigenvalue weighted by molar-refractivity contribution is -0.131. The second kappa shape index (κ2) is 8.91. The topological polar surface area (TPSA) is 75.4 Å². The molecule has 1 heterocycles. The van der Waals surface area contributed by atoms with E-state index < -0.39 is 0 Å². The zero-order valence-corrected chi connectivity index (χ0v) is 11.1. The summed E-state index contributed by atoms with van der Waals surface area (Å²) in [5, 5.41) is 2.92. The van der Waals surface area contributed by atoms with E-state index in [0.717, 1.165) is 45.1 Å². The molecule has 0 bridgehead atoms. The summed E-state index contributed by atoms with van der Waals surface area (Å²) in [5.41, 5.74) is 5.42. The molecule has 5 heteroatoms. The van der Waals surface area contributed by atoms with Gasteiger partial charge >= 0.3 is 0 Å². The highest BCUT2D eigenvalue weighted by Crippen LogP contribution is 2.14. The molecule has 0 saturated carbocycles. The van der Waals surface area contributed by atoms with Gasteiger partial charge in [-0.15, -0.1) is 0 Å². The van der Waals surface area contributed by atoms with Crippen molar-refractivity contribution in [3.8, 4) is 0 Å². The van der Waals surface area contributed by atoms with Gasteiger partial charge in [-0.1, -0.05) is 19.3 Å². The summed E-state index contributed by atoms with van der Waals surface area (Å²) in [5.74, 6) is 0.00144. The van der Waals surface area contributed by atoms with Gasteiger partial charge in [0, 0.05) is 13.1 Å². The highest BCUT2D eigenvalue weighted by molar-refractivity contribution is 5.83. The van der Waals surface area contributed by atoms with Crippen LogP contribution >= 0.6 is 0 Å². The van der Waals surface area contributed by atoms with Gasteiger partial charge in [-0.2, -0.15) is 0 Å². The predicted octanol–water partition coefficient (Wildman–Crippen LogP) is 0.633. The maximum Gasteiger partial charge on any atom is 0.242 e. The fourth-order valence-electron chi connectivity index (χ4n) is 2.33. The molecule has 1 fully saturated rings. The third-order valence-electron chi connectivity index (χ3n) is 3.41. The summed E-state index contributed by atoms with van der Waals surface area (Å²) in [6.07, 6.45) is 8.07. The molecule has 1 unspecified atom stereocenters. The fourth-order valence-corrected chi connectivity index (χ4v) is 2.33. The SMILES string of the molecule is NCCCCCCCNC(=O)C1CCCN1C=O. The average Bonchev–Trinajstić information content (AvgIpc) is 2.85. The van der Waals surface area contributed by atoms with Crippen molar-refractivity contribution in [2.45, 2.75) is 51.0 Å². The van der Waals surface area contributed by atoms with Gasteiger partial charge in [0.2, 0.25) is 12.3 Å². The predicted molar refractivity (Wildman–Crippen MR) is 70.9 cm³/mol. The van der Waals surface area contributed by atoms with Gasteiger partial charge in [0.1, 0.15) is 6.04 Å². The molecule has 1 rings (SSSR count). The molecule has 18 heavy (non-hydrogen) atoms. The Kier molecular flexibility index (Phi) is 7.41. The highest BCUT2D eigenvalue weighted by atomic mass is 16.2. The van der Waals surface area contributed by atoms with Crippen molar-refractivity contribution in [1.82, 2.24) is 10.2 Å². The standard InChI is InChI=1S/C13H25N3O2/c14-8-4-2-1-3-5-9-15-13(18)12-7-6-10-16(12)11-17/h11-12H,1-10,14H2,(H,15,18). The first kappa shape index (κ1) is 15.0. The van der Waals surface area contributed by atoms with E-state index in [4.69, 9.17) is 5.73 Å². The van der Waals surface area contributed by atoms with Gasteiger partial charge < -0.3 is 16.0 Å². The van der Waals surface area contributed by atoms with Crippen molar-refractivity contribution in [2.75, 3.05) is 19.6 Å². The number of nitrogens with one attached hydrogen (secondary N) is 1. The molecule has 1 atom stereocenters. The number of nitrogens with zero attached hydrogens (tertiary/aromatic N) is 1. The number of unbranched alkanes of at least 4 members (excludes halogenated alkanes) is 4. The molecule has 2 amide bonds. The first-order valence-corrected chi connectivity index (χ1v) is 6.98. The molecular weight excluding hydrogens is 230 g/mol. The molecule has 0 aromatic rings. The van der Waals surface area contributed by atoms with Crippen LogP contribution in [0.15, 0.2) is 0 Å². The van der Waals surface area contributed by atoms with Crippen molar-refractivity contribution in [2.24, 2.45) is 5.73 Å². The minimum atomic E-state index is -0.236. The maximum absolute atomic E-state index is 11.8. The number of rotatable bonds is 9. The first-order valence-electron chi connectivity index (χ1n) is 6.98. The second-order valence-electron chi connectivity index (χ2n) is 4.85. The summed E-state index contributed by atoms with van der Waals surface area (Å²) >= 11 is 0. The molecule has 1 aliphatic rings. The Morgan fingerprint density at radius 1 is 1.28 bits per heavy atom. The van der Waals surface area contributed by atoms with Gasteiger partial charge in [-0.25, -0.2) is 0 Å². The number of carbonyl (C=O) groups excluding carboxylic acids is 2. The second-order valence-corrected chi connectivity index (χ2v) is 4.85. The number of amides is 2. The number of nitrogens with two attached hydrogens (primary N) is 1. The largest absolute Gasteiger partial charge is 0.354 e. The van der Waals surface area contributed by atoms with Crippen LogP contribution in [0.3, 0.4) is 0 Å². The van der Waals surface area contributed by atoms with Gasteiger partial charge in [0.25, 0.3) is 0 Å². The zero-order valence-electron chi connectivity index (χ0n) is 11.1. The molecule has 3 N–H and O–H groups in total. The Morgan fingerprint density at radius 3 is 2.72 bits per heavy atom. The van der Waals surface area contributed by atoms with Crippen molar-refractivity contribution >= 4 is 12.3 Å². The molecule has 1 saturated heterocycles. The van der Waals surface area contributed by atoms with E-state index in [9.17, 15) is 9.59 Å². The third kappa shape index (κ3) is 5.04. The molecule has 0 aliphatic carbocycles. The molecule has 1 aliphatic heterocycles. The summed E-state index contributed by atoms with van der Waals surface area (Å²) in [6, 6.07) is -0.236. The molecule has 0 aromatic carbocycles. The van der Waals surface area contributed by atoms with E-state index in [1.54, 1.807) is 4.90 Å². The van der Waals surface area contributed by atoms with Crippen molar-refractivity contribution < 1.29 is 9.59 Å². The van der Waals surface area contributed by atoms with Crippen molar-refractivity contribution in [3.63, 3.8) is 0 Å². The van der Waals surface area contributed by atoms with Crippen LogP contribution in [0, 0.1) is 0 Å². The van der Waals surface area contributed by atoms with E-state index in [0.29, 0.717) is 13.1 Å². The number of hydrogen-bond donors (Lipinski definition) is 2. The minimum Gasteiger partial charge on any atom is -0.354 e. The van der Waals surface area contributed by atoms with Crippen LogP contribution in [0.25, 0.3) is 0 Å². The summed E-state index contributed by atoms with van der Waals surface area (Å²) in [4.78, 5) is 24.1. The van der Waals surface area contributed by atoms with E-state index in [2.05, 4.69) is 5.32 Å². The van der Waals surface area contributed by atoms with Crippen LogP contribution < -0.4 is 11.1 Å².